The molecule has 0 aliphatic heterocycles. The minimum absolute atomic E-state index is 0.0867. The molecule has 1 rings (SSSR count). The molecule has 0 aromatic rings. The van der Waals surface area contributed by atoms with Crippen LogP contribution in [0.4, 0.5) is 0 Å². The van der Waals surface area contributed by atoms with E-state index in [9.17, 15) is 4.79 Å². The molecule has 1 saturated carbocycles. The lowest BCUT2D eigenvalue weighted by Crippen LogP contribution is -2.26. The standard InChI is InChI=1S/C12H23NO2/c1-2-4-11(9-13)12(14)15-8-7-10-5-3-6-10/h10-11H,2-9,13H2,1H3. The van der Waals surface area contributed by atoms with Crippen LogP contribution in [0.2, 0.25) is 0 Å². The molecule has 0 bridgehead atoms. The molecule has 0 aromatic heterocycles. The first-order valence-corrected chi connectivity index (χ1v) is 6.14. The highest BCUT2D eigenvalue weighted by Crippen LogP contribution is 2.29. The van der Waals surface area contributed by atoms with Crippen molar-refractivity contribution in [3.8, 4) is 0 Å². The smallest absolute Gasteiger partial charge is 0.310 e. The third kappa shape index (κ3) is 4.20. The fraction of sp³-hybridized carbons (Fsp3) is 0.917. The van der Waals surface area contributed by atoms with E-state index in [1.165, 1.54) is 19.3 Å². The maximum atomic E-state index is 11.5. The summed E-state index contributed by atoms with van der Waals surface area (Å²) in [5, 5.41) is 0. The van der Waals surface area contributed by atoms with E-state index in [-0.39, 0.29) is 11.9 Å². The summed E-state index contributed by atoms with van der Waals surface area (Å²) >= 11 is 0. The summed E-state index contributed by atoms with van der Waals surface area (Å²) in [5.74, 6) is 0.621. The van der Waals surface area contributed by atoms with Crippen LogP contribution in [-0.4, -0.2) is 19.1 Å². The molecule has 0 radical (unpaired) electrons. The Morgan fingerprint density at radius 3 is 2.73 bits per heavy atom. The van der Waals surface area contributed by atoms with E-state index in [2.05, 4.69) is 6.92 Å². The summed E-state index contributed by atoms with van der Waals surface area (Å²) in [4.78, 5) is 11.5. The molecule has 3 heteroatoms. The van der Waals surface area contributed by atoms with E-state index in [1.54, 1.807) is 0 Å². The topological polar surface area (TPSA) is 52.3 Å². The van der Waals surface area contributed by atoms with Gasteiger partial charge < -0.3 is 10.5 Å². The van der Waals surface area contributed by atoms with Gasteiger partial charge in [-0.05, 0) is 18.8 Å². The monoisotopic (exact) mass is 213 g/mol. The van der Waals surface area contributed by atoms with Crippen molar-refractivity contribution in [3.05, 3.63) is 0 Å². The van der Waals surface area contributed by atoms with Gasteiger partial charge in [0.2, 0.25) is 0 Å². The van der Waals surface area contributed by atoms with Crippen molar-refractivity contribution in [1.29, 1.82) is 0 Å². The Morgan fingerprint density at radius 1 is 1.53 bits per heavy atom. The van der Waals surface area contributed by atoms with E-state index >= 15 is 0 Å². The second-order valence-corrected chi connectivity index (χ2v) is 4.47. The van der Waals surface area contributed by atoms with Gasteiger partial charge in [-0.15, -0.1) is 0 Å². The molecular weight excluding hydrogens is 190 g/mol. The molecule has 1 aliphatic rings. The van der Waals surface area contributed by atoms with Crippen LogP contribution in [0.1, 0.15) is 45.4 Å². The molecule has 2 N–H and O–H groups in total. The van der Waals surface area contributed by atoms with Crippen molar-refractivity contribution in [2.45, 2.75) is 45.4 Å². The van der Waals surface area contributed by atoms with Crippen LogP contribution in [0.25, 0.3) is 0 Å². The van der Waals surface area contributed by atoms with E-state index in [1.807, 2.05) is 0 Å². The van der Waals surface area contributed by atoms with Gasteiger partial charge in [-0.3, -0.25) is 4.79 Å². The maximum Gasteiger partial charge on any atom is 0.310 e. The van der Waals surface area contributed by atoms with Gasteiger partial charge in [-0.2, -0.15) is 0 Å². The number of carbonyl (C=O) groups is 1. The van der Waals surface area contributed by atoms with Crippen LogP contribution >= 0.6 is 0 Å². The van der Waals surface area contributed by atoms with Gasteiger partial charge in [0.15, 0.2) is 0 Å². The maximum absolute atomic E-state index is 11.5. The lowest BCUT2D eigenvalue weighted by atomic mass is 9.83. The van der Waals surface area contributed by atoms with Crippen molar-refractivity contribution in [3.63, 3.8) is 0 Å². The highest BCUT2D eigenvalue weighted by atomic mass is 16.5. The van der Waals surface area contributed by atoms with Gasteiger partial charge in [0.05, 0.1) is 12.5 Å². The molecule has 15 heavy (non-hydrogen) atoms. The predicted octanol–water partition coefficient (Wildman–Crippen LogP) is 2.09. The quantitative estimate of drug-likeness (QED) is 0.659. The third-order valence-electron chi connectivity index (χ3n) is 3.25. The Bertz CT molecular complexity index is 190. The number of hydrogen-bond donors (Lipinski definition) is 1. The van der Waals surface area contributed by atoms with E-state index < -0.39 is 0 Å². The first-order valence-electron chi connectivity index (χ1n) is 6.14. The fourth-order valence-electron chi connectivity index (χ4n) is 1.91. The number of carbonyl (C=O) groups excluding carboxylic acids is 1. The molecule has 0 heterocycles. The van der Waals surface area contributed by atoms with Crippen molar-refractivity contribution in [2.24, 2.45) is 17.6 Å². The average molecular weight is 213 g/mol. The minimum atomic E-state index is -0.0985. The number of ether oxygens (including phenoxy) is 1. The van der Waals surface area contributed by atoms with Gasteiger partial charge in [-0.25, -0.2) is 0 Å². The van der Waals surface area contributed by atoms with Crippen LogP contribution in [0.15, 0.2) is 0 Å². The summed E-state index contributed by atoms with van der Waals surface area (Å²) < 4.78 is 5.24. The highest BCUT2D eigenvalue weighted by Gasteiger charge is 2.20. The second-order valence-electron chi connectivity index (χ2n) is 4.47. The zero-order valence-corrected chi connectivity index (χ0v) is 9.71. The number of rotatable bonds is 7. The van der Waals surface area contributed by atoms with Gasteiger partial charge in [0, 0.05) is 6.54 Å². The predicted molar refractivity (Wildman–Crippen MR) is 60.4 cm³/mol. The molecule has 3 nitrogen and oxygen atoms in total. The Hall–Kier alpha value is -0.570. The molecule has 0 amide bonds. The highest BCUT2D eigenvalue weighted by molar-refractivity contribution is 5.72. The Morgan fingerprint density at radius 2 is 2.27 bits per heavy atom. The fourth-order valence-corrected chi connectivity index (χ4v) is 1.91. The number of esters is 1. The first-order chi connectivity index (χ1) is 7.27. The van der Waals surface area contributed by atoms with Gasteiger partial charge in [0.1, 0.15) is 0 Å². The van der Waals surface area contributed by atoms with Crippen molar-refractivity contribution in [1.82, 2.24) is 0 Å². The molecule has 1 aliphatic carbocycles. The zero-order valence-electron chi connectivity index (χ0n) is 9.71. The van der Waals surface area contributed by atoms with Crippen LogP contribution in [0.5, 0.6) is 0 Å². The number of nitrogens with two attached hydrogens (primary N) is 1. The summed E-state index contributed by atoms with van der Waals surface area (Å²) in [7, 11) is 0. The SMILES string of the molecule is CCCC(CN)C(=O)OCCC1CCC1. The van der Waals surface area contributed by atoms with Gasteiger partial charge in [0.25, 0.3) is 0 Å². The van der Waals surface area contributed by atoms with E-state index in [0.717, 1.165) is 25.2 Å². The Balaban J connectivity index is 2.09. The molecule has 1 atom stereocenters. The van der Waals surface area contributed by atoms with E-state index in [0.29, 0.717) is 13.2 Å². The normalized spacial score (nSPS) is 18.3. The van der Waals surface area contributed by atoms with Crippen LogP contribution < -0.4 is 5.73 Å². The van der Waals surface area contributed by atoms with Crippen molar-refractivity contribution in [2.75, 3.05) is 13.2 Å². The van der Waals surface area contributed by atoms with Crippen LogP contribution in [-0.2, 0) is 9.53 Å². The molecule has 0 spiro atoms. The summed E-state index contributed by atoms with van der Waals surface area (Å²) in [6, 6.07) is 0. The zero-order chi connectivity index (χ0) is 11.1. The summed E-state index contributed by atoms with van der Waals surface area (Å²) in [6.07, 6.45) is 6.84. The van der Waals surface area contributed by atoms with Crippen molar-refractivity contribution >= 4 is 5.97 Å². The molecule has 1 fully saturated rings. The van der Waals surface area contributed by atoms with Gasteiger partial charge >= 0.3 is 5.97 Å². The third-order valence-corrected chi connectivity index (χ3v) is 3.25. The summed E-state index contributed by atoms with van der Waals surface area (Å²) in [6.45, 7) is 3.06. The van der Waals surface area contributed by atoms with E-state index in [4.69, 9.17) is 10.5 Å². The van der Waals surface area contributed by atoms with Crippen LogP contribution in [0, 0.1) is 11.8 Å². The minimum Gasteiger partial charge on any atom is -0.465 e. The molecule has 0 aromatic carbocycles. The Kier molecular flexibility index (Phi) is 5.69. The number of hydrogen-bond acceptors (Lipinski definition) is 3. The molecule has 1 unspecified atom stereocenters. The lowest BCUT2D eigenvalue weighted by Gasteiger charge is -2.25. The molecular formula is C12H23NO2. The lowest BCUT2D eigenvalue weighted by molar-refractivity contribution is -0.149. The molecule has 0 saturated heterocycles. The summed E-state index contributed by atoms with van der Waals surface area (Å²) in [5.41, 5.74) is 5.53. The van der Waals surface area contributed by atoms with Gasteiger partial charge in [-0.1, -0.05) is 32.6 Å². The van der Waals surface area contributed by atoms with Crippen molar-refractivity contribution < 1.29 is 9.53 Å². The average Bonchev–Trinajstić information content (AvgIpc) is 2.17. The largest absolute Gasteiger partial charge is 0.465 e. The van der Waals surface area contributed by atoms with Crippen LogP contribution in [0.3, 0.4) is 0 Å². The molecule has 88 valence electrons. The Labute approximate surface area is 92.4 Å². The first kappa shape index (κ1) is 12.5. The second kappa shape index (κ2) is 6.83.